The summed E-state index contributed by atoms with van der Waals surface area (Å²) in [7, 11) is 0. The number of carbonyl (C=O) groups is 1. The van der Waals surface area contributed by atoms with Gasteiger partial charge in [0, 0.05) is 22.7 Å². The fourth-order valence-corrected chi connectivity index (χ4v) is 2.28. The molecule has 1 aliphatic heterocycles. The van der Waals surface area contributed by atoms with E-state index in [0.29, 0.717) is 21.9 Å². The van der Waals surface area contributed by atoms with Crippen molar-refractivity contribution in [2.75, 3.05) is 0 Å². The van der Waals surface area contributed by atoms with E-state index in [1.54, 1.807) is 48.6 Å². The quantitative estimate of drug-likeness (QED) is 0.366. The van der Waals surface area contributed by atoms with E-state index < -0.39 is 10.9 Å². The van der Waals surface area contributed by atoms with Gasteiger partial charge in [0.15, 0.2) is 0 Å². The van der Waals surface area contributed by atoms with Crippen LogP contribution >= 0.6 is 11.6 Å². The van der Waals surface area contributed by atoms with Crippen molar-refractivity contribution in [2.45, 2.75) is 0 Å². The molecule has 0 bridgehead atoms. The van der Waals surface area contributed by atoms with Crippen LogP contribution in [0.4, 0.5) is 5.69 Å². The highest BCUT2D eigenvalue weighted by Gasteiger charge is 2.22. The predicted molar refractivity (Wildman–Crippen MR) is 86.6 cm³/mol. The molecule has 0 saturated heterocycles. The summed E-state index contributed by atoms with van der Waals surface area (Å²) in [6, 6.07) is 12.9. The average molecular weight is 328 g/mol. The van der Waals surface area contributed by atoms with Gasteiger partial charge in [0.05, 0.1) is 10.5 Å². The van der Waals surface area contributed by atoms with Crippen molar-refractivity contribution in [1.29, 1.82) is 0 Å². The fourth-order valence-electron chi connectivity index (χ4n) is 2.15. The lowest BCUT2D eigenvalue weighted by Gasteiger charge is -2.01. The Balaban J connectivity index is 1.93. The van der Waals surface area contributed by atoms with Gasteiger partial charge in [0.1, 0.15) is 5.76 Å². The number of nitrogens with zero attached hydrogens (tertiary/aromatic N) is 1. The number of benzene rings is 2. The van der Waals surface area contributed by atoms with Gasteiger partial charge in [-0.15, -0.1) is 0 Å². The van der Waals surface area contributed by atoms with Crippen LogP contribution in [0.1, 0.15) is 11.1 Å². The molecule has 1 aliphatic rings. The van der Waals surface area contributed by atoms with Crippen LogP contribution in [0.3, 0.4) is 0 Å². The molecule has 1 heterocycles. The summed E-state index contributed by atoms with van der Waals surface area (Å²) >= 11 is 5.83. The second-order valence-corrected chi connectivity index (χ2v) is 5.29. The number of nitro benzene ring substituents is 1. The zero-order valence-electron chi connectivity index (χ0n) is 11.7. The molecule has 0 aliphatic carbocycles. The van der Waals surface area contributed by atoms with E-state index in [4.69, 9.17) is 16.3 Å². The summed E-state index contributed by atoms with van der Waals surface area (Å²) in [6.45, 7) is 0. The largest absolute Gasteiger partial charge is 0.422 e. The normalized spacial score (nSPS) is 15.4. The van der Waals surface area contributed by atoms with E-state index in [2.05, 4.69) is 0 Å². The first-order valence-electron chi connectivity index (χ1n) is 6.69. The first kappa shape index (κ1) is 15.0. The molecule has 0 fully saturated rings. The summed E-state index contributed by atoms with van der Waals surface area (Å²) in [5.74, 6) is -0.0789. The minimum Gasteiger partial charge on any atom is -0.422 e. The molecule has 0 saturated carbocycles. The van der Waals surface area contributed by atoms with E-state index in [-0.39, 0.29) is 5.69 Å². The van der Waals surface area contributed by atoms with Gasteiger partial charge in [0.25, 0.3) is 5.69 Å². The monoisotopic (exact) mass is 327 g/mol. The summed E-state index contributed by atoms with van der Waals surface area (Å²) in [6.07, 6.45) is 3.16. The van der Waals surface area contributed by atoms with Crippen LogP contribution in [-0.4, -0.2) is 10.9 Å². The van der Waals surface area contributed by atoms with Crippen molar-refractivity contribution in [2.24, 2.45) is 0 Å². The lowest BCUT2D eigenvalue weighted by atomic mass is 10.1. The highest BCUT2D eigenvalue weighted by atomic mass is 35.5. The Kier molecular flexibility index (Phi) is 3.95. The topological polar surface area (TPSA) is 69.4 Å². The fraction of sp³-hybridized carbons (Fsp3) is 0. The maximum Gasteiger partial charge on any atom is 0.343 e. The molecule has 0 amide bonds. The molecule has 0 aromatic heterocycles. The number of hydrogen-bond donors (Lipinski definition) is 0. The molecular formula is C17H10ClNO4. The van der Waals surface area contributed by atoms with Crippen LogP contribution in [0.2, 0.25) is 5.02 Å². The molecule has 0 N–H and O–H groups in total. The van der Waals surface area contributed by atoms with Crippen molar-refractivity contribution in [3.63, 3.8) is 0 Å². The number of rotatable bonds is 3. The highest BCUT2D eigenvalue weighted by molar-refractivity contribution is 6.30. The Hall–Kier alpha value is -2.92. The van der Waals surface area contributed by atoms with Gasteiger partial charge in [-0.1, -0.05) is 23.7 Å². The molecule has 0 radical (unpaired) electrons. The Morgan fingerprint density at radius 1 is 1.13 bits per heavy atom. The van der Waals surface area contributed by atoms with Crippen LogP contribution in [0.5, 0.6) is 0 Å². The van der Waals surface area contributed by atoms with Crippen LogP contribution in [0.15, 0.2) is 60.2 Å². The summed E-state index contributed by atoms with van der Waals surface area (Å²) in [4.78, 5) is 22.3. The van der Waals surface area contributed by atoms with Crippen LogP contribution < -0.4 is 0 Å². The van der Waals surface area contributed by atoms with E-state index in [9.17, 15) is 14.9 Å². The van der Waals surface area contributed by atoms with Crippen molar-refractivity contribution in [3.05, 3.63) is 86.4 Å². The number of carbonyl (C=O) groups excluding carboxylic acids is 1. The zero-order valence-corrected chi connectivity index (χ0v) is 12.5. The lowest BCUT2D eigenvalue weighted by molar-refractivity contribution is -0.384. The van der Waals surface area contributed by atoms with Gasteiger partial charge in [-0.3, -0.25) is 10.1 Å². The van der Waals surface area contributed by atoms with Gasteiger partial charge < -0.3 is 4.74 Å². The van der Waals surface area contributed by atoms with Crippen molar-refractivity contribution < 1.29 is 14.5 Å². The Morgan fingerprint density at radius 2 is 1.87 bits per heavy atom. The van der Waals surface area contributed by atoms with Crippen molar-refractivity contribution >= 4 is 35.1 Å². The van der Waals surface area contributed by atoms with Crippen LogP contribution in [-0.2, 0) is 9.53 Å². The number of esters is 1. The van der Waals surface area contributed by atoms with E-state index in [1.165, 1.54) is 12.1 Å². The van der Waals surface area contributed by atoms with E-state index in [1.807, 2.05) is 0 Å². The molecule has 0 spiro atoms. The summed E-state index contributed by atoms with van der Waals surface area (Å²) in [5.41, 5.74) is 1.58. The smallest absolute Gasteiger partial charge is 0.343 e. The maximum absolute atomic E-state index is 11.9. The molecule has 23 heavy (non-hydrogen) atoms. The second-order valence-electron chi connectivity index (χ2n) is 4.86. The van der Waals surface area contributed by atoms with Crippen molar-refractivity contribution in [1.82, 2.24) is 0 Å². The predicted octanol–water partition coefficient (Wildman–Crippen LogP) is 4.23. The van der Waals surface area contributed by atoms with Gasteiger partial charge in [0.2, 0.25) is 0 Å². The molecule has 0 unspecified atom stereocenters. The Morgan fingerprint density at radius 3 is 2.57 bits per heavy atom. The minimum atomic E-state index is -0.499. The second kappa shape index (κ2) is 6.06. The van der Waals surface area contributed by atoms with Gasteiger partial charge >= 0.3 is 5.97 Å². The SMILES string of the molecule is O=C1OC(c2ccc(Cl)cc2)=C/C1=C\c1cccc([N+](=O)[O-])c1. The number of nitro groups is 1. The Bertz CT molecular complexity index is 853. The van der Waals surface area contributed by atoms with Crippen molar-refractivity contribution in [3.8, 4) is 0 Å². The molecule has 0 atom stereocenters. The number of cyclic esters (lactones) is 1. The van der Waals surface area contributed by atoms with Gasteiger partial charge in [-0.2, -0.15) is 0 Å². The average Bonchev–Trinajstić information content (AvgIpc) is 2.89. The Labute approximate surface area is 136 Å². The molecule has 114 valence electrons. The standard InChI is InChI=1S/C17H10ClNO4/c18-14-6-4-12(5-7-14)16-10-13(17(20)23-16)8-11-2-1-3-15(9-11)19(21)22/h1-10H/b13-8+. The van der Waals surface area contributed by atoms with E-state index >= 15 is 0 Å². The van der Waals surface area contributed by atoms with Crippen LogP contribution in [0.25, 0.3) is 11.8 Å². The number of non-ortho nitro benzene ring substituents is 1. The summed E-state index contributed by atoms with van der Waals surface area (Å²) < 4.78 is 5.23. The third kappa shape index (κ3) is 3.30. The summed E-state index contributed by atoms with van der Waals surface area (Å²) in [5, 5.41) is 11.4. The minimum absolute atomic E-state index is 0.0346. The van der Waals surface area contributed by atoms with Gasteiger partial charge in [-0.05, 0) is 42.0 Å². The number of hydrogen-bond acceptors (Lipinski definition) is 4. The zero-order chi connectivity index (χ0) is 16.4. The first-order valence-corrected chi connectivity index (χ1v) is 7.07. The first-order chi connectivity index (χ1) is 11.0. The van der Waals surface area contributed by atoms with Gasteiger partial charge in [-0.25, -0.2) is 4.79 Å². The lowest BCUT2D eigenvalue weighted by Crippen LogP contribution is -1.97. The molecule has 2 aromatic carbocycles. The molecule has 2 aromatic rings. The number of ether oxygens (including phenoxy) is 1. The van der Waals surface area contributed by atoms with E-state index in [0.717, 1.165) is 5.56 Å². The maximum atomic E-state index is 11.9. The third-order valence-electron chi connectivity index (χ3n) is 3.26. The third-order valence-corrected chi connectivity index (χ3v) is 3.51. The molecule has 3 rings (SSSR count). The van der Waals surface area contributed by atoms with Crippen LogP contribution in [0, 0.1) is 10.1 Å². The highest BCUT2D eigenvalue weighted by Crippen LogP contribution is 2.28. The number of halogens is 1. The molecule has 5 nitrogen and oxygen atoms in total. The molecular weight excluding hydrogens is 318 g/mol. The molecule has 6 heteroatoms.